The van der Waals surface area contributed by atoms with Crippen molar-refractivity contribution in [1.82, 2.24) is 4.90 Å². The van der Waals surface area contributed by atoms with Crippen molar-refractivity contribution in [2.45, 2.75) is 23.6 Å². The molecule has 0 bridgehead atoms. The van der Waals surface area contributed by atoms with Crippen molar-refractivity contribution in [3.05, 3.63) is 65.2 Å². The number of nitrogens with zero attached hydrogens (tertiary/aromatic N) is 1. The zero-order chi connectivity index (χ0) is 14.9. The Labute approximate surface area is 126 Å². The second-order valence-corrected chi connectivity index (χ2v) is 7.65. The second-order valence-electron chi connectivity index (χ2n) is 5.66. The molecule has 110 valence electrons. The van der Waals surface area contributed by atoms with Crippen molar-refractivity contribution in [2.75, 3.05) is 13.6 Å². The molecule has 0 amide bonds. The summed E-state index contributed by atoms with van der Waals surface area (Å²) in [5.74, 6) is 0.0696. The molecule has 2 aromatic rings. The molecule has 0 radical (unpaired) electrons. The fourth-order valence-electron chi connectivity index (χ4n) is 2.77. The average Bonchev–Trinajstić information content (AvgIpc) is 2.48. The fourth-order valence-corrected chi connectivity index (χ4v) is 4.12. The summed E-state index contributed by atoms with van der Waals surface area (Å²) in [4.78, 5) is 2.67. The van der Waals surface area contributed by atoms with Crippen LogP contribution in [-0.2, 0) is 28.6 Å². The quantitative estimate of drug-likeness (QED) is 0.874. The third-order valence-corrected chi connectivity index (χ3v) is 5.64. The minimum atomic E-state index is -3.26. The Morgan fingerprint density at radius 3 is 2.57 bits per heavy atom. The maximum absolute atomic E-state index is 12.4. The van der Waals surface area contributed by atoms with Gasteiger partial charge in [0.05, 0.1) is 10.6 Å². The summed E-state index contributed by atoms with van der Waals surface area (Å²) in [7, 11) is -1.15. The van der Waals surface area contributed by atoms with Gasteiger partial charge in [-0.2, -0.15) is 0 Å². The third-order valence-electron chi connectivity index (χ3n) is 3.93. The number of benzene rings is 2. The predicted octanol–water partition coefficient (Wildman–Crippen LogP) is 2.65. The standard InChI is InChI=1S/C17H19NO2S/c1-18-10-9-15-11-14(7-8-16(15)12-18)13-21(19,20)17-5-3-2-4-6-17/h2-8,11H,9-10,12-13H2,1H3. The normalized spacial score (nSPS) is 15.7. The van der Waals surface area contributed by atoms with Gasteiger partial charge in [-0.3, -0.25) is 0 Å². The summed E-state index contributed by atoms with van der Waals surface area (Å²) in [6, 6.07) is 14.7. The third kappa shape index (κ3) is 3.17. The van der Waals surface area contributed by atoms with Crippen LogP contribution < -0.4 is 0 Å². The molecule has 1 heterocycles. The molecular weight excluding hydrogens is 282 g/mol. The highest BCUT2D eigenvalue weighted by Gasteiger charge is 2.17. The van der Waals surface area contributed by atoms with Gasteiger partial charge in [-0.15, -0.1) is 0 Å². The highest BCUT2D eigenvalue weighted by Crippen LogP contribution is 2.22. The Hall–Kier alpha value is -1.65. The number of sulfone groups is 1. The molecule has 1 aliphatic rings. The van der Waals surface area contributed by atoms with Crippen molar-refractivity contribution in [2.24, 2.45) is 0 Å². The van der Waals surface area contributed by atoms with E-state index < -0.39 is 9.84 Å². The van der Waals surface area contributed by atoms with Crippen LogP contribution in [0.2, 0.25) is 0 Å². The summed E-state index contributed by atoms with van der Waals surface area (Å²) in [6.07, 6.45) is 0.991. The lowest BCUT2D eigenvalue weighted by atomic mass is 9.98. The van der Waals surface area contributed by atoms with Gasteiger partial charge in [0.25, 0.3) is 0 Å². The van der Waals surface area contributed by atoms with E-state index in [1.807, 2.05) is 12.1 Å². The van der Waals surface area contributed by atoms with Gasteiger partial charge in [0.2, 0.25) is 0 Å². The van der Waals surface area contributed by atoms with Crippen LogP contribution in [0.25, 0.3) is 0 Å². The topological polar surface area (TPSA) is 37.4 Å². The lowest BCUT2D eigenvalue weighted by Gasteiger charge is -2.25. The fraction of sp³-hybridized carbons (Fsp3) is 0.294. The maximum atomic E-state index is 12.4. The first kappa shape index (κ1) is 14.3. The van der Waals surface area contributed by atoms with E-state index in [9.17, 15) is 8.42 Å². The minimum Gasteiger partial charge on any atom is -0.302 e. The van der Waals surface area contributed by atoms with E-state index in [0.717, 1.165) is 25.1 Å². The minimum absolute atomic E-state index is 0.0696. The van der Waals surface area contributed by atoms with Gasteiger partial charge in [0, 0.05) is 13.1 Å². The van der Waals surface area contributed by atoms with Crippen LogP contribution >= 0.6 is 0 Å². The highest BCUT2D eigenvalue weighted by molar-refractivity contribution is 7.90. The van der Waals surface area contributed by atoms with Crippen molar-refractivity contribution in [3.63, 3.8) is 0 Å². The number of rotatable bonds is 3. The van der Waals surface area contributed by atoms with Crippen molar-refractivity contribution in [1.29, 1.82) is 0 Å². The van der Waals surface area contributed by atoms with Crippen molar-refractivity contribution in [3.8, 4) is 0 Å². The molecular formula is C17H19NO2S. The van der Waals surface area contributed by atoms with Gasteiger partial charge in [0.1, 0.15) is 0 Å². The Bertz CT molecular complexity index is 739. The van der Waals surface area contributed by atoms with Crippen LogP contribution in [0.1, 0.15) is 16.7 Å². The lowest BCUT2D eigenvalue weighted by molar-refractivity contribution is 0.313. The van der Waals surface area contributed by atoms with Crippen LogP contribution in [0.15, 0.2) is 53.4 Å². The number of hydrogen-bond donors (Lipinski definition) is 0. The summed E-state index contributed by atoms with van der Waals surface area (Å²) in [5, 5.41) is 0. The van der Waals surface area contributed by atoms with E-state index in [1.165, 1.54) is 11.1 Å². The van der Waals surface area contributed by atoms with Crippen LogP contribution in [0.4, 0.5) is 0 Å². The Morgan fingerprint density at radius 2 is 1.81 bits per heavy atom. The first-order chi connectivity index (χ1) is 10.0. The molecule has 3 nitrogen and oxygen atoms in total. The van der Waals surface area contributed by atoms with E-state index in [1.54, 1.807) is 24.3 Å². The second kappa shape index (κ2) is 5.62. The molecule has 1 aliphatic heterocycles. The molecule has 0 saturated heterocycles. The first-order valence-corrected chi connectivity index (χ1v) is 8.77. The van der Waals surface area contributed by atoms with Gasteiger partial charge < -0.3 is 4.90 Å². The summed E-state index contributed by atoms with van der Waals surface area (Å²) in [5.41, 5.74) is 3.47. The van der Waals surface area contributed by atoms with Gasteiger partial charge >= 0.3 is 0 Å². The van der Waals surface area contributed by atoms with E-state index in [4.69, 9.17) is 0 Å². The highest BCUT2D eigenvalue weighted by atomic mass is 32.2. The molecule has 0 spiro atoms. The number of hydrogen-bond acceptors (Lipinski definition) is 3. The van der Waals surface area contributed by atoms with Crippen molar-refractivity contribution < 1.29 is 8.42 Å². The number of fused-ring (bicyclic) bond motifs is 1. The zero-order valence-corrected chi connectivity index (χ0v) is 12.9. The predicted molar refractivity (Wildman–Crippen MR) is 83.8 cm³/mol. The Kier molecular flexibility index (Phi) is 3.83. The van der Waals surface area contributed by atoms with Gasteiger partial charge in [-0.1, -0.05) is 36.4 Å². The molecule has 4 heteroatoms. The molecule has 0 unspecified atom stereocenters. The van der Waals surface area contributed by atoms with Crippen molar-refractivity contribution >= 4 is 9.84 Å². The monoisotopic (exact) mass is 301 g/mol. The van der Waals surface area contributed by atoms with Crippen LogP contribution in [0, 0.1) is 0 Å². The van der Waals surface area contributed by atoms with E-state index in [0.29, 0.717) is 4.90 Å². The molecule has 0 aromatic heterocycles. The van der Waals surface area contributed by atoms with E-state index in [-0.39, 0.29) is 5.75 Å². The molecule has 2 aromatic carbocycles. The summed E-state index contributed by atoms with van der Waals surface area (Å²) < 4.78 is 24.8. The van der Waals surface area contributed by atoms with E-state index >= 15 is 0 Å². The maximum Gasteiger partial charge on any atom is 0.182 e. The average molecular weight is 301 g/mol. The summed E-state index contributed by atoms with van der Waals surface area (Å²) in [6.45, 7) is 1.98. The molecule has 0 aliphatic carbocycles. The van der Waals surface area contributed by atoms with Crippen LogP contribution in [-0.4, -0.2) is 26.9 Å². The Balaban J connectivity index is 1.86. The molecule has 0 N–H and O–H groups in total. The molecule has 0 fully saturated rings. The van der Waals surface area contributed by atoms with Crippen LogP contribution in [0.5, 0.6) is 0 Å². The first-order valence-electron chi connectivity index (χ1n) is 7.12. The lowest BCUT2D eigenvalue weighted by Crippen LogP contribution is -2.26. The SMILES string of the molecule is CN1CCc2cc(CS(=O)(=O)c3ccccc3)ccc2C1. The van der Waals surface area contributed by atoms with Gasteiger partial charge in [-0.05, 0) is 42.3 Å². The zero-order valence-electron chi connectivity index (χ0n) is 12.1. The molecule has 0 saturated carbocycles. The smallest absolute Gasteiger partial charge is 0.182 e. The Morgan fingerprint density at radius 1 is 1.05 bits per heavy atom. The number of likely N-dealkylation sites (N-methyl/N-ethyl adjacent to an activating group) is 1. The molecule has 21 heavy (non-hydrogen) atoms. The van der Waals surface area contributed by atoms with E-state index in [2.05, 4.69) is 24.1 Å². The van der Waals surface area contributed by atoms with Gasteiger partial charge in [0.15, 0.2) is 9.84 Å². The largest absolute Gasteiger partial charge is 0.302 e. The molecule has 3 rings (SSSR count). The van der Waals surface area contributed by atoms with Gasteiger partial charge in [-0.25, -0.2) is 8.42 Å². The summed E-state index contributed by atoms with van der Waals surface area (Å²) >= 11 is 0. The molecule has 0 atom stereocenters. The van der Waals surface area contributed by atoms with Crippen LogP contribution in [0.3, 0.4) is 0 Å².